The van der Waals surface area contributed by atoms with Crippen LogP contribution in [0.2, 0.25) is 0 Å². The summed E-state index contributed by atoms with van der Waals surface area (Å²) < 4.78 is 7.13. The SMILES string of the molecule is O=C1/C(=C/c2cccc(O)c2O)C(=S)SN1Cc1ccco1. The van der Waals surface area contributed by atoms with Gasteiger partial charge in [-0.15, -0.1) is 0 Å². The van der Waals surface area contributed by atoms with Gasteiger partial charge in [0.15, 0.2) is 11.5 Å². The maximum Gasteiger partial charge on any atom is 0.266 e. The van der Waals surface area contributed by atoms with Crippen LogP contribution in [0.5, 0.6) is 11.5 Å². The zero-order valence-corrected chi connectivity index (χ0v) is 12.9. The molecule has 1 aromatic heterocycles. The van der Waals surface area contributed by atoms with E-state index in [4.69, 9.17) is 16.6 Å². The lowest BCUT2D eigenvalue weighted by Gasteiger charge is -2.10. The summed E-state index contributed by atoms with van der Waals surface area (Å²) in [4.78, 5) is 12.4. The van der Waals surface area contributed by atoms with Crippen LogP contribution in [0.3, 0.4) is 0 Å². The first-order valence-electron chi connectivity index (χ1n) is 6.35. The van der Waals surface area contributed by atoms with Crippen molar-refractivity contribution in [1.82, 2.24) is 4.31 Å². The number of amides is 1. The Labute approximate surface area is 136 Å². The normalized spacial score (nSPS) is 16.7. The summed E-state index contributed by atoms with van der Waals surface area (Å²) in [6.07, 6.45) is 3.02. The highest BCUT2D eigenvalue weighted by atomic mass is 32.2. The number of phenolic OH excluding ortho intramolecular Hbond substituents is 2. The van der Waals surface area contributed by atoms with Gasteiger partial charge in [-0.05, 0) is 24.3 Å². The van der Waals surface area contributed by atoms with Crippen LogP contribution in [0.1, 0.15) is 11.3 Å². The third-order valence-electron chi connectivity index (χ3n) is 3.10. The molecule has 2 N–H and O–H groups in total. The van der Waals surface area contributed by atoms with E-state index in [0.29, 0.717) is 27.6 Å². The molecular formula is C15H11NO4S2. The number of para-hydroxylation sites is 1. The molecular weight excluding hydrogens is 322 g/mol. The molecule has 0 saturated carbocycles. The molecule has 22 heavy (non-hydrogen) atoms. The molecule has 1 aromatic carbocycles. The third-order valence-corrected chi connectivity index (χ3v) is 4.44. The number of rotatable bonds is 3. The van der Waals surface area contributed by atoms with Gasteiger partial charge in [-0.3, -0.25) is 9.10 Å². The summed E-state index contributed by atoms with van der Waals surface area (Å²) in [6.45, 7) is 0.306. The van der Waals surface area contributed by atoms with E-state index < -0.39 is 0 Å². The van der Waals surface area contributed by atoms with Crippen molar-refractivity contribution in [2.75, 3.05) is 0 Å². The lowest BCUT2D eigenvalue weighted by atomic mass is 10.1. The zero-order chi connectivity index (χ0) is 15.7. The van der Waals surface area contributed by atoms with Crippen molar-refractivity contribution in [3.63, 3.8) is 0 Å². The van der Waals surface area contributed by atoms with Crippen molar-refractivity contribution in [3.05, 3.63) is 53.5 Å². The van der Waals surface area contributed by atoms with Gasteiger partial charge >= 0.3 is 0 Å². The fourth-order valence-corrected chi connectivity index (χ4v) is 3.24. The number of thiocarbonyl (C=S) groups is 1. The van der Waals surface area contributed by atoms with Gasteiger partial charge in [0, 0.05) is 17.5 Å². The second-order valence-corrected chi connectivity index (χ2v) is 6.27. The van der Waals surface area contributed by atoms with Gasteiger partial charge in [-0.1, -0.05) is 24.4 Å². The highest BCUT2D eigenvalue weighted by Gasteiger charge is 2.32. The Kier molecular flexibility index (Phi) is 3.91. The van der Waals surface area contributed by atoms with E-state index in [-0.39, 0.29) is 17.4 Å². The lowest BCUT2D eigenvalue weighted by molar-refractivity contribution is -0.121. The molecule has 0 aliphatic carbocycles. The van der Waals surface area contributed by atoms with Crippen molar-refractivity contribution in [2.24, 2.45) is 0 Å². The monoisotopic (exact) mass is 333 g/mol. The molecule has 2 aromatic rings. The molecule has 5 nitrogen and oxygen atoms in total. The fourth-order valence-electron chi connectivity index (χ4n) is 2.00. The van der Waals surface area contributed by atoms with Gasteiger partial charge in [0.25, 0.3) is 5.91 Å². The Morgan fingerprint density at radius 2 is 2.09 bits per heavy atom. The number of aromatic hydroxyl groups is 2. The van der Waals surface area contributed by atoms with Crippen LogP contribution in [0.15, 0.2) is 46.6 Å². The Morgan fingerprint density at radius 3 is 2.82 bits per heavy atom. The van der Waals surface area contributed by atoms with Crippen LogP contribution in [-0.2, 0) is 11.3 Å². The summed E-state index contributed by atoms with van der Waals surface area (Å²) >= 11 is 6.38. The summed E-state index contributed by atoms with van der Waals surface area (Å²) in [5.41, 5.74) is 0.651. The molecule has 1 fully saturated rings. The quantitative estimate of drug-likeness (QED) is 0.389. The summed E-state index contributed by atoms with van der Waals surface area (Å²) in [5, 5.41) is 19.3. The fraction of sp³-hybridized carbons (Fsp3) is 0.0667. The second kappa shape index (κ2) is 5.86. The number of benzene rings is 1. The van der Waals surface area contributed by atoms with Crippen molar-refractivity contribution in [1.29, 1.82) is 0 Å². The van der Waals surface area contributed by atoms with Gasteiger partial charge in [0.2, 0.25) is 0 Å². The molecule has 0 spiro atoms. The zero-order valence-electron chi connectivity index (χ0n) is 11.2. The van der Waals surface area contributed by atoms with Gasteiger partial charge in [0.1, 0.15) is 9.96 Å². The summed E-state index contributed by atoms with van der Waals surface area (Å²) in [6, 6.07) is 8.07. The highest BCUT2D eigenvalue weighted by molar-refractivity contribution is 8.23. The first kappa shape index (κ1) is 14.7. The largest absolute Gasteiger partial charge is 0.504 e. The van der Waals surface area contributed by atoms with Crippen molar-refractivity contribution in [2.45, 2.75) is 6.54 Å². The summed E-state index contributed by atoms with van der Waals surface area (Å²) in [7, 11) is 0. The minimum Gasteiger partial charge on any atom is -0.504 e. The van der Waals surface area contributed by atoms with Crippen LogP contribution < -0.4 is 0 Å². The first-order chi connectivity index (χ1) is 10.6. The van der Waals surface area contributed by atoms with Crippen LogP contribution >= 0.6 is 24.2 Å². The average Bonchev–Trinajstić information content (AvgIpc) is 3.08. The van der Waals surface area contributed by atoms with E-state index in [1.54, 1.807) is 30.5 Å². The van der Waals surface area contributed by atoms with E-state index in [1.165, 1.54) is 16.4 Å². The van der Waals surface area contributed by atoms with Gasteiger partial charge in [0.05, 0.1) is 18.4 Å². The number of furan rings is 1. The van der Waals surface area contributed by atoms with E-state index in [0.717, 1.165) is 11.9 Å². The highest BCUT2D eigenvalue weighted by Crippen LogP contribution is 2.35. The number of nitrogens with zero attached hydrogens (tertiary/aromatic N) is 1. The first-order valence-corrected chi connectivity index (χ1v) is 7.53. The molecule has 1 amide bonds. The van der Waals surface area contributed by atoms with E-state index in [2.05, 4.69) is 0 Å². The van der Waals surface area contributed by atoms with E-state index in [9.17, 15) is 15.0 Å². The van der Waals surface area contributed by atoms with Crippen molar-refractivity contribution < 1.29 is 19.4 Å². The molecule has 2 heterocycles. The smallest absolute Gasteiger partial charge is 0.266 e. The minimum absolute atomic E-state index is 0.245. The molecule has 0 radical (unpaired) electrons. The Balaban J connectivity index is 1.88. The molecule has 0 unspecified atom stereocenters. The second-order valence-electron chi connectivity index (χ2n) is 4.57. The van der Waals surface area contributed by atoms with Crippen molar-refractivity contribution >= 4 is 40.3 Å². The molecule has 7 heteroatoms. The predicted molar refractivity (Wildman–Crippen MR) is 87.2 cm³/mol. The Bertz CT molecular complexity index is 768. The maximum atomic E-state index is 12.4. The van der Waals surface area contributed by atoms with Gasteiger partial charge < -0.3 is 14.6 Å². The molecule has 1 saturated heterocycles. The van der Waals surface area contributed by atoms with Gasteiger partial charge in [-0.25, -0.2) is 0 Å². The van der Waals surface area contributed by atoms with Crippen LogP contribution in [-0.4, -0.2) is 24.6 Å². The molecule has 1 aliphatic rings. The average molecular weight is 333 g/mol. The van der Waals surface area contributed by atoms with Crippen molar-refractivity contribution in [3.8, 4) is 11.5 Å². The number of carbonyl (C=O) groups excluding carboxylic acids is 1. The number of phenols is 2. The minimum atomic E-state index is -0.278. The molecule has 3 rings (SSSR count). The van der Waals surface area contributed by atoms with Gasteiger partial charge in [-0.2, -0.15) is 0 Å². The van der Waals surface area contributed by atoms with Crippen LogP contribution in [0, 0.1) is 0 Å². The van der Waals surface area contributed by atoms with Crippen LogP contribution in [0.4, 0.5) is 0 Å². The standard InChI is InChI=1S/C15H11NO4S2/c17-12-5-1-3-9(13(12)18)7-11-14(19)16(22-15(11)21)8-10-4-2-6-20-10/h1-7,17-18H,8H2/b11-7-. The predicted octanol–water partition coefficient (Wildman–Crippen LogP) is 3.09. The lowest BCUT2D eigenvalue weighted by Crippen LogP contribution is -2.18. The maximum absolute atomic E-state index is 12.4. The third kappa shape index (κ3) is 2.72. The topological polar surface area (TPSA) is 73.9 Å². The van der Waals surface area contributed by atoms with Crippen LogP contribution in [0.25, 0.3) is 6.08 Å². The van der Waals surface area contributed by atoms with E-state index >= 15 is 0 Å². The molecule has 1 aliphatic heterocycles. The number of carbonyl (C=O) groups is 1. The molecule has 112 valence electrons. The molecule has 0 bridgehead atoms. The molecule has 0 atom stereocenters. The Morgan fingerprint density at radius 1 is 1.27 bits per heavy atom. The number of hydrogen-bond acceptors (Lipinski definition) is 6. The summed E-state index contributed by atoms with van der Waals surface area (Å²) in [5.74, 6) is -0.120. The van der Waals surface area contributed by atoms with E-state index in [1.807, 2.05) is 0 Å². The Hall–Kier alpha value is -2.25. The number of hydrogen-bond donors (Lipinski definition) is 2.